The monoisotopic (exact) mass is 528 g/mol. The molecule has 4 unspecified atom stereocenters. The van der Waals surface area contributed by atoms with Gasteiger partial charge in [-0.3, -0.25) is 24.2 Å². The Kier molecular flexibility index (Phi) is 12.7. The molecule has 0 bridgehead atoms. The van der Waals surface area contributed by atoms with Crippen molar-refractivity contribution in [3.8, 4) is 0 Å². The number of hydrogen-bond acceptors (Lipinski definition) is 9. The standard InChI is InChI=1S/C19H32N10O6S/c20-10(4-9-6-24-8-26-9)15(31)27-11(2-1-3-25-19(22)23)16(32)29-13(7-36)17(33)28-12(18(34)35)5-14(21)30/h6,8,10-13,36H,1-5,7,20H2,(H2,21,30)(H,24,26)(H,27,31)(H,28,33)(H,29,32)(H,34,35)(H4,22,23,25). The lowest BCUT2D eigenvalue weighted by Crippen LogP contribution is -2.58. The van der Waals surface area contributed by atoms with Crippen molar-refractivity contribution < 1.29 is 29.1 Å². The summed E-state index contributed by atoms with van der Waals surface area (Å²) in [5, 5.41) is 16.2. The van der Waals surface area contributed by atoms with Gasteiger partial charge in [-0.2, -0.15) is 12.6 Å². The summed E-state index contributed by atoms with van der Waals surface area (Å²) in [5.41, 5.74) is 22.1. The fourth-order valence-corrected chi connectivity index (χ4v) is 3.17. The van der Waals surface area contributed by atoms with Crippen LogP contribution in [0.25, 0.3) is 0 Å². The highest BCUT2D eigenvalue weighted by Crippen LogP contribution is 2.04. The molecule has 4 atom stereocenters. The van der Waals surface area contributed by atoms with Gasteiger partial charge in [0, 0.05) is 30.6 Å². The Hall–Kier alpha value is -3.86. The van der Waals surface area contributed by atoms with Gasteiger partial charge in [0.25, 0.3) is 0 Å². The van der Waals surface area contributed by atoms with Crippen molar-refractivity contribution in [2.75, 3.05) is 12.3 Å². The molecule has 0 aliphatic carbocycles. The van der Waals surface area contributed by atoms with Crippen LogP contribution in [0, 0.1) is 0 Å². The maximum Gasteiger partial charge on any atom is 0.326 e. The smallest absolute Gasteiger partial charge is 0.326 e. The van der Waals surface area contributed by atoms with Crippen LogP contribution in [0.4, 0.5) is 0 Å². The fraction of sp³-hybridized carbons (Fsp3) is 0.526. The van der Waals surface area contributed by atoms with Crippen molar-refractivity contribution in [1.29, 1.82) is 0 Å². The average molecular weight is 529 g/mol. The number of nitrogens with one attached hydrogen (secondary N) is 4. The molecule has 17 heteroatoms. The third kappa shape index (κ3) is 11.0. The lowest BCUT2D eigenvalue weighted by Gasteiger charge is -2.24. The van der Waals surface area contributed by atoms with Gasteiger partial charge in [0.05, 0.1) is 18.8 Å². The van der Waals surface area contributed by atoms with Gasteiger partial charge >= 0.3 is 5.97 Å². The first-order chi connectivity index (χ1) is 16.9. The second-order valence-electron chi connectivity index (χ2n) is 7.71. The van der Waals surface area contributed by atoms with Crippen molar-refractivity contribution in [2.24, 2.45) is 27.9 Å². The van der Waals surface area contributed by atoms with Crippen LogP contribution in [0.1, 0.15) is 25.0 Å². The van der Waals surface area contributed by atoms with E-state index in [9.17, 15) is 29.1 Å². The first kappa shape index (κ1) is 30.2. The second-order valence-corrected chi connectivity index (χ2v) is 8.08. The van der Waals surface area contributed by atoms with Gasteiger partial charge in [0.15, 0.2) is 5.96 Å². The number of carbonyl (C=O) groups is 5. The number of rotatable bonds is 16. The van der Waals surface area contributed by atoms with E-state index in [2.05, 4.69) is 43.5 Å². The molecule has 1 aromatic heterocycles. The van der Waals surface area contributed by atoms with Gasteiger partial charge in [-0.15, -0.1) is 0 Å². The Morgan fingerprint density at radius 2 is 1.64 bits per heavy atom. The van der Waals surface area contributed by atoms with E-state index in [4.69, 9.17) is 22.9 Å². The summed E-state index contributed by atoms with van der Waals surface area (Å²) in [6.45, 7) is 0.173. The number of nitrogens with zero attached hydrogens (tertiary/aromatic N) is 2. The van der Waals surface area contributed by atoms with Crippen LogP contribution in [0.3, 0.4) is 0 Å². The number of aliphatic carboxylic acids is 1. The molecule has 1 rings (SSSR count). The summed E-state index contributed by atoms with van der Waals surface area (Å²) in [7, 11) is 0. The zero-order valence-electron chi connectivity index (χ0n) is 19.3. The van der Waals surface area contributed by atoms with Gasteiger partial charge in [0.2, 0.25) is 23.6 Å². The maximum absolute atomic E-state index is 12.9. The summed E-state index contributed by atoms with van der Waals surface area (Å²) in [4.78, 5) is 70.9. The molecule has 0 aromatic carbocycles. The molecular weight excluding hydrogens is 496 g/mol. The van der Waals surface area contributed by atoms with Crippen molar-refractivity contribution in [3.63, 3.8) is 0 Å². The normalized spacial score (nSPS) is 13.9. The predicted molar refractivity (Wildman–Crippen MR) is 131 cm³/mol. The van der Waals surface area contributed by atoms with Gasteiger partial charge in [-0.05, 0) is 12.8 Å². The highest BCUT2D eigenvalue weighted by Gasteiger charge is 2.30. The number of carbonyl (C=O) groups excluding carboxylic acids is 4. The molecule has 16 nitrogen and oxygen atoms in total. The van der Waals surface area contributed by atoms with E-state index in [1.165, 1.54) is 12.5 Å². The number of carboxylic acids is 1. The summed E-state index contributed by atoms with van der Waals surface area (Å²) < 4.78 is 0. The molecule has 36 heavy (non-hydrogen) atoms. The van der Waals surface area contributed by atoms with Crippen LogP contribution in [0.5, 0.6) is 0 Å². The molecular formula is C19H32N10O6S. The largest absolute Gasteiger partial charge is 0.480 e. The number of guanidine groups is 1. The van der Waals surface area contributed by atoms with E-state index in [-0.39, 0.29) is 31.1 Å². The van der Waals surface area contributed by atoms with Crippen molar-refractivity contribution >= 4 is 48.2 Å². The minimum absolute atomic E-state index is 0.0888. The first-order valence-corrected chi connectivity index (χ1v) is 11.4. The molecule has 1 heterocycles. The second kappa shape index (κ2) is 15.2. The summed E-state index contributed by atoms with van der Waals surface area (Å²) in [5.74, 6) is -5.07. The number of aliphatic imine (C=N–C) groups is 1. The average Bonchev–Trinajstić information content (AvgIpc) is 3.30. The third-order valence-corrected chi connectivity index (χ3v) is 5.11. The van der Waals surface area contributed by atoms with Crippen molar-refractivity contribution in [1.82, 2.24) is 25.9 Å². The van der Waals surface area contributed by atoms with E-state index >= 15 is 0 Å². The number of thiol groups is 1. The molecule has 0 aliphatic rings. The quantitative estimate of drug-likeness (QED) is 0.0426. The number of primary amides is 1. The molecule has 0 fully saturated rings. The number of carboxylic acid groups (broad SMARTS) is 1. The van der Waals surface area contributed by atoms with Gasteiger partial charge < -0.3 is 49.0 Å². The molecule has 0 aliphatic heterocycles. The minimum atomic E-state index is -1.59. The van der Waals surface area contributed by atoms with Crippen LogP contribution in [-0.2, 0) is 30.4 Å². The summed E-state index contributed by atoms with van der Waals surface area (Å²) >= 11 is 4.03. The van der Waals surface area contributed by atoms with Crippen molar-refractivity contribution in [3.05, 3.63) is 18.2 Å². The Morgan fingerprint density at radius 3 is 2.17 bits per heavy atom. The number of imidazole rings is 1. The van der Waals surface area contributed by atoms with Crippen LogP contribution >= 0.6 is 12.6 Å². The van der Waals surface area contributed by atoms with E-state index in [1.54, 1.807) is 0 Å². The van der Waals surface area contributed by atoms with Gasteiger partial charge in [0.1, 0.15) is 18.1 Å². The SMILES string of the molecule is NC(=O)CC(NC(=O)C(CS)NC(=O)C(CCCN=C(N)N)NC(=O)C(N)Cc1cnc[nH]1)C(=O)O. The minimum Gasteiger partial charge on any atom is -0.480 e. The van der Waals surface area contributed by atoms with Gasteiger partial charge in [-0.25, -0.2) is 9.78 Å². The number of H-pyrrole nitrogens is 1. The molecule has 1 aromatic rings. The van der Waals surface area contributed by atoms with E-state index in [0.29, 0.717) is 12.1 Å². The highest BCUT2D eigenvalue weighted by atomic mass is 32.1. The number of amides is 4. The zero-order valence-corrected chi connectivity index (χ0v) is 20.2. The third-order valence-electron chi connectivity index (χ3n) is 4.75. The van der Waals surface area contributed by atoms with Crippen molar-refractivity contribution in [2.45, 2.75) is 49.9 Å². The highest BCUT2D eigenvalue weighted by molar-refractivity contribution is 7.80. The van der Waals surface area contributed by atoms with Crippen LogP contribution < -0.4 is 38.9 Å². The molecule has 0 spiro atoms. The Balaban J connectivity index is 2.89. The van der Waals surface area contributed by atoms with E-state index in [0.717, 1.165) is 0 Å². The lowest BCUT2D eigenvalue weighted by atomic mass is 10.1. The van der Waals surface area contributed by atoms with Crippen LogP contribution in [0.2, 0.25) is 0 Å². The van der Waals surface area contributed by atoms with Gasteiger partial charge in [-0.1, -0.05) is 0 Å². The fourth-order valence-electron chi connectivity index (χ4n) is 2.92. The summed E-state index contributed by atoms with van der Waals surface area (Å²) in [6.07, 6.45) is 2.80. The topological polar surface area (TPSA) is 287 Å². The van der Waals surface area contributed by atoms with E-state index in [1.807, 2.05) is 0 Å². The number of aromatic nitrogens is 2. The maximum atomic E-state index is 12.9. The summed E-state index contributed by atoms with van der Waals surface area (Å²) in [6, 6.07) is -5.01. The van der Waals surface area contributed by atoms with Crippen LogP contribution in [-0.4, -0.2) is 87.1 Å². The molecule has 4 amide bonds. The molecule has 0 radical (unpaired) electrons. The molecule has 0 saturated heterocycles. The molecule has 0 saturated carbocycles. The first-order valence-electron chi connectivity index (χ1n) is 10.8. The molecule has 13 N–H and O–H groups in total. The Labute approximate surface area is 211 Å². The number of nitrogens with two attached hydrogens (primary N) is 4. The Morgan fingerprint density at radius 1 is 1.03 bits per heavy atom. The van der Waals surface area contributed by atoms with E-state index < -0.39 is 60.2 Å². The molecule has 200 valence electrons. The number of aromatic amines is 1. The Bertz CT molecular complexity index is 937. The lowest BCUT2D eigenvalue weighted by molar-refractivity contribution is -0.143. The number of hydrogen-bond donors (Lipinski definition) is 10. The zero-order chi connectivity index (χ0) is 27.3. The predicted octanol–water partition coefficient (Wildman–Crippen LogP) is -4.32. The van der Waals surface area contributed by atoms with Crippen LogP contribution in [0.15, 0.2) is 17.5 Å².